The number of aryl methyl sites for hydroxylation is 2. The molecule has 126 valence electrons. The molecule has 0 unspecified atom stereocenters. The summed E-state index contributed by atoms with van der Waals surface area (Å²) in [5, 5.41) is 28.4. The first-order chi connectivity index (χ1) is 11.3. The van der Waals surface area contributed by atoms with Crippen LogP contribution in [0.3, 0.4) is 0 Å². The third-order valence-electron chi connectivity index (χ3n) is 3.36. The molecule has 0 atom stereocenters. The van der Waals surface area contributed by atoms with Crippen molar-refractivity contribution in [2.75, 3.05) is 0 Å². The van der Waals surface area contributed by atoms with E-state index in [1.165, 1.54) is 16.8 Å². The van der Waals surface area contributed by atoms with E-state index in [0.29, 0.717) is 17.0 Å². The zero-order chi connectivity index (χ0) is 17.9. The molecular formula is C15H17N5O4. The molecule has 0 aliphatic rings. The maximum atomic E-state index is 12.0. The van der Waals surface area contributed by atoms with E-state index >= 15 is 0 Å². The van der Waals surface area contributed by atoms with E-state index < -0.39 is 10.8 Å². The highest BCUT2D eigenvalue weighted by atomic mass is 16.6. The fraction of sp³-hybridized carbons (Fsp3) is 0.267. The number of carbonyl (C=O) groups is 1. The van der Waals surface area contributed by atoms with Crippen LogP contribution in [0.1, 0.15) is 28.5 Å². The summed E-state index contributed by atoms with van der Waals surface area (Å²) in [7, 11) is 0. The van der Waals surface area contributed by atoms with Crippen LogP contribution in [0.15, 0.2) is 29.4 Å². The highest BCUT2D eigenvalue weighted by molar-refractivity contribution is 5.97. The summed E-state index contributed by atoms with van der Waals surface area (Å²) in [4.78, 5) is 22.2. The van der Waals surface area contributed by atoms with Gasteiger partial charge in [0.2, 0.25) is 0 Å². The second-order valence-corrected chi connectivity index (χ2v) is 5.32. The normalized spacial score (nSPS) is 11.4. The van der Waals surface area contributed by atoms with E-state index in [9.17, 15) is 20.0 Å². The van der Waals surface area contributed by atoms with Crippen molar-refractivity contribution in [2.45, 2.75) is 27.3 Å². The monoisotopic (exact) mass is 331 g/mol. The SMILES string of the molecule is CC(Cn1nc([N+](=O)[O-])cc1C)=NNC(=O)c1cccc(C)c1O. The van der Waals surface area contributed by atoms with Crippen LogP contribution in [0.4, 0.5) is 5.82 Å². The predicted octanol–water partition coefficient (Wildman–Crippen LogP) is 1.92. The number of nitro groups is 1. The van der Waals surface area contributed by atoms with Crippen molar-refractivity contribution in [2.24, 2.45) is 5.10 Å². The van der Waals surface area contributed by atoms with Gasteiger partial charge in [-0.3, -0.25) is 4.79 Å². The van der Waals surface area contributed by atoms with Gasteiger partial charge in [-0.15, -0.1) is 0 Å². The number of benzene rings is 1. The van der Waals surface area contributed by atoms with Gasteiger partial charge in [0.1, 0.15) is 12.3 Å². The molecule has 9 heteroatoms. The number of nitrogens with zero attached hydrogens (tertiary/aromatic N) is 4. The minimum Gasteiger partial charge on any atom is -0.507 e. The van der Waals surface area contributed by atoms with Crippen molar-refractivity contribution >= 4 is 17.4 Å². The summed E-state index contributed by atoms with van der Waals surface area (Å²) in [5.74, 6) is -0.880. The highest BCUT2D eigenvalue weighted by Gasteiger charge is 2.16. The lowest BCUT2D eigenvalue weighted by Gasteiger charge is -2.06. The summed E-state index contributed by atoms with van der Waals surface area (Å²) in [5.41, 5.74) is 4.17. The largest absolute Gasteiger partial charge is 0.507 e. The number of para-hydroxylation sites is 1. The minimum absolute atomic E-state index is 0.0959. The number of phenolic OH excluding ortho intramolecular Hbond substituents is 1. The summed E-state index contributed by atoms with van der Waals surface area (Å²) in [6.45, 7) is 5.23. The van der Waals surface area contributed by atoms with E-state index in [4.69, 9.17) is 0 Å². The standard InChI is InChI=1S/C15H17N5O4/c1-9-5-4-6-12(14(9)21)15(22)17-16-10(2)8-19-11(3)7-13(18-19)20(23)24/h4-7,21H,8H2,1-3H3,(H,17,22). The second-order valence-electron chi connectivity index (χ2n) is 5.32. The number of hydrogen-bond acceptors (Lipinski definition) is 6. The predicted molar refractivity (Wildman–Crippen MR) is 87.0 cm³/mol. The minimum atomic E-state index is -0.571. The molecule has 24 heavy (non-hydrogen) atoms. The van der Waals surface area contributed by atoms with Crippen LogP contribution in [0, 0.1) is 24.0 Å². The Labute approximate surface area is 137 Å². The van der Waals surface area contributed by atoms with Crippen molar-refractivity contribution in [3.05, 3.63) is 51.2 Å². The van der Waals surface area contributed by atoms with Crippen LogP contribution in [0.5, 0.6) is 5.75 Å². The van der Waals surface area contributed by atoms with Gasteiger partial charge in [0.15, 0.2) is 0 Å². The number of phenols is 1. The van der Waals surface area contributed by atoms with Gasteiger partial charge in [-0.05, 0) is 37.3 Å². The first-order valence-corrected chi connectivity index (χ1v) is 7.10. The molecule has 9 nitrogen and oxygen atoms in total. The lowest BCUT2D eigenvalue weighted by molar-refractivity contribution is -0.389. The fourth-order valence-electron chi connectivity index (χ4n) is 2.04. The first kappa shape index (κ1) is 17.1. The maximum absolute atomic E-state index is 12.0. The van der Waals surface area contributed by atoms with E-state index in [0.717, 1.165) is 0 Å². The summed E-state index contributed by atoms with van der Waals surface area (Å²) in [6.07, 6.45) is 0. The van der Waals surface area contributed by atoms with Crippen LogP contribution in [0.25, 0.3) is 0 Å². The molecule has 0 bridgehead atoms. The van der Waals surface area contributed by atoms with Crippen molar-refractivity contribution < 1.29 is 14.8 Å². The Hall–Kier alpha value is -3.23. The van der Waals surface area contributed by atoms with Crippen molar-refractivity contribution in [1.29, 1.82) is 0 Å². The Balaban J connectivity index is 2.07. The van der Waals surface area contributed by atoms with Crippen molar-refractivity contribution in [3.63, 3.8) is 0 Å². The van der Waals surface area contributed by atoms with E-state index in [-0.39, 0.29) is 23.7 Å². The number of amides is 1. The van der Waals surface area contributed by atoms with E-state index in [1.807, 2.05) is 0 Å². The van der Waals surface area contributed by atoms with Gasteiger partial charge < -0.3 is 15.2 Å². The van der Waals surface area contributed by atoms with Crippen LogP contribution in [-0.2, 0) is 6.54 Å². The van der Waals surface area contributed by atoms with Crippen LogP contribution in [0.2, 0.25) is 0 Å². The maximum Gasteiger partial charge on any atom is 0.390 e. The molecule has 0 fully saturated rings. The van der Waals surface area contributed by atoms with E-state index in [1.54, 1.807) is 32.9 Å². The van der Waals surface area contributed by atoms with Gasteiger partial charge in [-0.1, -0.05) is 12.1 Å². The van der Waals surface area contributed by atoms with Crippen molar-refractivity contribution in [3.8, 4) is 5.75 Å². The van der Waals surface area contributed by atoms with Gasteiger partial charge in [-0.2, -0.15) is 9.78 Å². The molecule has 0 saturated carbocycles. The summed E-state index contributed by atoms with van der Waals surface area (Å²) < 4.78 is 1.42. The molecule has 0 spiro atoms. The number of aromatic nitrogens is 2. The summed E-state index contributed by atoms with van der Waals surface area (Å²) in [6, 6.07) is 6.20. The average molecular weight is 331 g/mol. The lowest BCUT2D eigenvalue weighted by Crippen LogP contribution is -2.21. The average Bonchev–Trinajstić information content (AvgIpc) is 2.89. The van der Waals surface area contributed by atoms with Crippen molar-refractivity contribution in [1.82, 2.24) is 15.2 Å². The number of nitrogens with one attached hydrogen (secondary N) is 1. The zero-order valence-electron chi connectivity index (χ0n) is 13.5. The molecule has 1 aromatic carbocycles. The number of carbonyl (C=O) groups excluding carboxylic acids is 1. The molecule has 1 aromatic heterocycles. The quantitative estimate of drug-likeness (QED) is 0.492. The van der Waals surface area contributed by atoms with Gasteiger partial charge >= 0.3 is 5.82 Å². The third kappa shape index (κ3) is 3.75. The zero-order valence-corrected chi connectivity index (χ0v) is 13.5. The third-order valence-corrected chi connectivity index (χ3v) is 3.36. The van der Waals surface area contributed by atoms with Gasteiger partial charge in [0.05, 0.1) is 28.1 Å². The molecule has 1 amide bonds. The van der Waals surface area contributed by atoms with Gasteiger partial charge in [0, 0.05) is 0 Å². The Bertz CT molecular complexity index is 825. The second kappa shape index (κ2) is 6.90. The number of hydrogen-bond donors (Lipinski definition) is 2. The Morgan fingerprint density at radius 2 is 2.17 bits per heavy atom. The molecule has 0 aliphatic carbocycles. The molecule has 2 rings (SSSR count). The fourth-order valence-corrected chi connectivity index (χ4v) is 2.04. The molecule has 2 aromatic rings. The first-order valence-electron chi connectivity index (χ1n) is 7.10. The number of rotatable bonds is 5. The van der Waals surface area contributed by atoms with Crippen LogP contribution < -0.4 is 5.43 Å². The Kier molecular flexibility index (Phi) is 4.93. The summed E-state index contributed by atoms with van der Waals surface area (Å²) >= 11 is 0. The number of aromatic hydroxyl groups is 1. The molecule has 0 aliphatic heterocycles. The highest BCUT2D eigenvalue weighted by Crippen LogP contribution is 2.21. The smallest absolute Gasteiger partial charge is 0.390 e. The Morgan fingerprint density at radius 1 is 1.46 bits per heavy atom. The molecule has 1 heterocycles. The van der Waals surface area contributed by atoms with Crippen LogP contribution in [-0.4, -0.2) is 31.4 Å². The van der Waals surface area contributed by atoms with Gasteiger partial charge in [0.25, 0.3) is 5.91 Å². The van der Waals surface area contributed by atoms with Crippen LogP contribution >= 0.6 is 0 Å². The lowest BCUT2D eigenvalue weighted by atomic mass is 10.1. The molecular weight excluding hydrogens is 314 g/mol. The molecule has 0 saturated heterocycles. The topological polar surface area (TPSA) is 123 Å². The van der Waals surface area contributed by atoms with Gasteiger partial charge in [-0.25, -0.2) is 5.43 Å². The Morgan fingerprint density at radius 3 is 2.79 bits per heavy atom. The van der Waals surface area contributed by atoms with E-state index in [2.05, 4.69) is 15.6 Å². The molecule has 0 radical (unpaired) electrons. The molecule has 2 N–H and O–H groups in total. The number of hydrazone groups is 1.